The molecule has 4 nitrogen and oxygen atoms in total. The number of rotatable bonds is 3. The number of ketones is 1. The minimum absolute atomic E-state index is 0.237. The maximum atomic E-state index is 13.3. The first-order chi connectivity index (χ1) is 12.6. The molecule has 0 amide bonds. The summed E-state index contributed by atoms with van der Waals surface area (Å²) in [5, 5.41) is 0. The zero-order valence-electron chi connectivity index (χ0n) is 14.3. The van der Waals surface area contributed by atoms with Gasteiger partial charge in [-0.05, 0) is 31.2 Å². The molecule has 2 aliphatic rings. The van der Waals surface area contributed by atoms with E-state index < -0.39 is 11.7 Å². The minimum atomic E-state index is -1.53. The third-order valence-electron chi connectivity index (χ3n) is 4.65. The van der Waals surface area contributed by atoms with E-state index in [0.29, 0.717) is 16.7 Å². The van der Waals surface area contributed by atoms with Gasteiger partial charge in [0.25, 0.3) is 5.72 Å². The third kappa shape index (κ3) is 2.30. The summed E-state index contributed by atoms with van der Waals surface area (Å²) in [6, 6.07) is 17.8. The van der Waals surface area contributed by atoms with Gasteiger partial charge in [-0.1, -0.05) is 54.6 Å². The molecule has 0 radical (unpaired) electrons. The van der Waals surface area contributed by atoms with E-state index in [-0.39, 0.29) is 5.78 Å². The van der Waals surface area contributed by atoms with Crippen molar-refractivity contribution in [2.24, 2.45) is 0 Å². The molecule has 0 saturated carbocycles. The number of fused-ring (bicyclic) bond motifs is 1. The van der Waals surface area contributed by atoms with Crippen LogP contribution in [-0.2, 0) is 15.3 Å². The summed E-state index contributed by atoms with van der Waals surface area (Å²) in [6.45, 7) is 1.76. The van der Waals surface area contributed by atoms with Crippen molar-refractivity contribution >= 4 is 11.8 Å². The van der Waals surface area contributed by atoms with Crippen molar-refractivity contribution in [1.29, 1.82) is 0 Å². The Morgan fingerprint density at radius 1 is 0.962 bits per heavy atom. The maximum absolute atomic E-state index is 13.3. The van der Waals surface area contributed by atoms with Crippen LogP contribution in [0.3, 0.4) is 0 Å². The van der Waals surface area contributed by atoms with E-state index >= 15 is 0 Å². The Morgan fingerprint density at radius 2 is 1.62 bits per heavy atom. The smallest absolute Gasteiger partial charge is 0.340 e. The Bertz CT molecular complexity index is 957. The number of hydrogen-bond acceptors (Lipinski definition) is 4. The second kappa shape index (κ2) is 6.15. The average molecular weight is 343 g/mol. The average Bonchev–Trinajstić information content (AvgIpc) is 2.92. The van der Waals surface area contributed by atoms with Gasteiger partial charge >= 0.3 is 5.97 Å². The molecule has 4 heteroatoms. The molecule has 0 aliphatic carbocycles. The Hall–Kier alpha value is -3.40. The van der Waals surface area contributed by atoms with Crippen LogP contribution in [0.15, 0.2) is 96.4 Å². The van der Waals surface area contributed by atoms with Gasteiger partial charge in [0.2, 0.25) is 5.78 Å². The molecule has 0 fully saturated rings. The van der Waals surface area contributed by atoms with Gasteiger partial charge in [-0.3, -0.25) is 9.69 Å². The lowest BCUT2D eigenvalue weighted by molar-refractivity contribution is -0.147. The molecule has 1 unspecified atom stereocenters. The predicted octanol–water partition coefficient (Wildman–Crippen LogP) is 3.94. The van der Waals surface area contributed by atoms with Crippen molar-refractivity contribution in [1.82, 2.24) is 4.90 Å². The molecule has 0 N–H and O–H groups in total. The van der Waals surface area contributed by atoms with Crippen molar-refractivity contribution in [2.75, 3.05) is 0 Å². The monoisotopic (exact) mass is 343 g/mol. The van der Waals surface area contributed by atoms with Gasteiger partial charge in [0.1, 0.15) is 0 Å². The first-order valence-corrected chi connectivity index (χ1v) is 8.38. The molecule has 26 heavy (non-hydrogen) atoms. The van der Waals surface area contributed by atoms with Gasteiger partial charge in [0.05, 0.1) is 11.3 Å². The zero-order chi connectivity index (χ0) is 18.1. The summed E-state index contributed by atoms with van der Waals surface area (Å²) in [7, 11) is 0. The summed E-state index contributed by atoms with van der Waals surface area (Å²) in [4.78, 5) is 27.9. The topological polar surface area (TPSA) is 46.6 Å². The van der Waals surface area contributed by atoms with Crippen LogP contribution in [0.25, 0.3) is 0 Å². The molecular formula is C22H17NO3. The second-order valence-electron chi connectivity index (χ2n) is 6.18. The van der Waals surface area contributed by atoms with Crippen LogP contribution >= 0.6 is 0 Å². The fraction of sp³-hybridized carbons (Fsp3) is 0.0909. The summed E-state index contributed by atoms with van der Waals surface area (Å²) < 4.78 is 5.93. The van der Waals surface area contributed by atoms with E-state index in [4.69, 9.17) is 4.74 Å². The Morgan fingerprint density at radius 3 is 2.31 bits per heavy atom. The van der Waals surface area contributed by atoms with Crippen molar-refractivity contribution in [3.63, 3.8) is 0 Å². The minimum Gasteiger partial charge on any atom is -0.422 e. The number of esters is 1. The fourth-order valence-electron chi connectivity index (χ4n) is 3.36. The highest BCUT2D eigenvalue weighted by Crippen LogP contribution is 2.45. The molecule has 2 aromatic carbocycles. The summed E-state index contributed by atoms with van der Waals surface area (Å²) in [5.41, 5.74) is 0.786. The highest BCUT2D eigenvalue weighted by molar-refractivity contribution is 6.07. The highest BCUT2D eigenvalue weighted by atomic mass is 16.6. The third-order valence-corrected chi connectivity index (χ3v) is 4.65. The summed E-state index contributed by atoms with van der Waals surface area (Å²) in [5.74, 6) is -0.779. The van der Waals surface area contributed by atoms with Crippen molar-refractivity contribution in [3.05, 3.63) is 107 Å². The van der Waals surface area contributed by atoms with Crippen LogP contribution in [0.2, 0.25) is 0 Å². The molecule has 0 aromatic heterocycles. The normalized spacial score (nSPS) is 21.1. The van der Waals surface area contributed by atoms with Crippen molar-refractivity contribution in [2.45, 2.75) is 12.6 Å². The van der Waals surface area contributed by atoms with Crippen molar-refractivity contribution in [3.8, 4) is 0 Å². The van der Waals surface area contributed by atoms with Gasteiger partial charge in [0.15, 0.2) is 0 Å². The number of benzene rings is 2. The SMILES string of the molecule is CC1=C2C=CC=CN2C(OC(=O)c2ccccc2)(c2ccccc2)C1=O. The van der Waals surface area contributed by atoms with Crippen molar-refractivity contribution < 1.29 is 14.3 Å². The van der Waals surface area contributed by atoms with Crippen LogP contribution < -0.4 is 0 Å². The Labute approximate surface area is 151 Å². The number of carbonyl (C=O) groups is 2. The molecule has 4 rings (SSSR count). The van der Waals surface area contributed by atoms with E-state index in [1.165, 1.54) is 0 Å². The maximum Gasteiger partial charge on any atom is 0.340 e. The van der Waals surface area contributed by atoms with Crippen LogP contribution in [0, 0.1) is 0 Å². The standard InChI is InChI=1S/C22H17NO3/c1-16-19-14-8-9-15-23(19)22(20(16)24,18-12-6-3-7-13-18)26-21(25)17-10-4-2-5-11-17/h2-15H,1H3. The quantitative estimate of drug-likeness (QED) is 0.792. The van der Waals surface area contributed by atoms with E-state index in [1.54, 1.807) is 54.4 Å². The summed E-state index contributed by atoms with van der Waals surface area (Å²) in [6.07, 6.45) is 7.31. The Kier molecular flexibility index (Phi) is 3.81. The van der Waals surface area contributed by atoms with E-state index in [1.807, 2.05) is 42.5 Å². The summed E-state index contributed by atoms with van der Waals surface area (Å²) >= 11 is 0. The lowest BCUT2D eigenvalue weighted by Crippen LogP contribution is -2.48. The predicted molar refractivity (Wildman–Crippen MR) is 97.8 cm³/mol. The fourth-order valence-corrected chi connectivity index (χ4v) is 3.36. The molecule has 2 aliphatic heterocycles. The first-order valence-electron chi connectivity index (χ1n) is 8.38. The number of nitrogens with zero attached hydrogens (tertiary/aromatic N) is 1. The molecule has 1 atom stereocenters. The van der Waals surface area contributed by atoms with Gasteiger partial charge < -0.3 is 4.74 Å². The largest absolute Gasteiger partial charge is 0.422 e. The number of Topliss-reactive ketones (excluding diaryl/α,β-unsaturated/α-hetero) is 1. The van der Waals surface area contributed by atoms with E-state index in [2.05, 4.69) is 0 Å². The van der Waals surface area contributed by atoms with Crippen LogP contribution in [0.5, 0.6) is 0 Å². The van der Waals surface area contributed by atoms with E-state index in [0.717, 1.165) is 5.70 Å². The number of ether oxygens (including phenoxy) is 1. The molecular weight excluding hydrogens is 326 g/mol. The lowest BCUT2D eigenvalue weighted by atomic mass is 9.96. The lowest BCUT2D eigenvalue weighted by Gasteiger charge is -2.37. The highest BCUT2D eigenvalue weighted by Gasteiger charge is 2.55. The molecule has 0 saturated heterocycles. The van der Waals surface area contributed by atoms with Gasteiger partial charge in [-0.15, -0.1) is 0 Å². The second-order valence-corrected chi connectivity index (χ2v) is 6.18. The molecule has 2 aromatic rings. The van der Waals surface area contributed by atoms with Crippen LogP contribution in [0.1, 0.15) is 22.8 Å². The van der Waals surface area contributed by atoms with Gasteiger partial charge in [-0.2, -0.15) is 0 Å². The molecule has 0 bridgehead atoms. The van der Waals surface area contributed by atoms with Crippen LogP contribution in [-0.4, -0.2) is 16.7 Å². The first kappa shape index (κ1) is 16.1. The van der Waals surface area contributed by atoms with E-state index in [9.17, 15) is 9.59 Å². The molecule has 128 valence electrons. The Balaban J connectivity index is 1.85. The zero-order valence-corrected chi connectivity index (χ0v) is 14.3. The number of hydrogen-bond donors (Lipinski definition) is 0. The van der Waals surface area contributed by atoms with Gasteiger partial charge in [0, 0.05) is 17.3 Å². The molecule has 0 spiro atoms. The number of allylic oxidation sites excluding steroid dienone is 3. The molecule has 2 heterocycles. The van der Waals surface area contributed by atoms with Gasteiger partial charge in [-0.25, -0.2) is 4.79 Å². The number of carbonyl (C=O) groups excluding carboxylic acids is 2. The van der Waals surface area contributed by atoms with Crippen LogP contribution in [0.4, 0.5) is 0 Å².